The molecule has 2 nitrogen and oxygen atoms in total. The van der Waals surface area contributed by atoms with Gasteiger partial charge in [-0.1, -0.05) is 13.0 Å². The van der Waals surface area contributed by atoms with E-state index in [1.807, 2.05) is 6.08 Å². The van der Waals surface area contributed by atoms with Crippen LogP contribution in [0.25, 0.3) is 0 Å². The molecule has 0 aromatic rings. The monoisotopic (exact) mass is 228 g/mol. The largest absolute Gasteiger partial charge is 0.312 e. The summed E-state index contributed by atoms with van der Waals surface area (Å²) in [6.45, 7) is 12.8. The Bertz CT molecular complexity index is 184. The highest BCUT2D eigenvalue weighted by Gasteiger charge is 2.22. The van der Waals surface area contributed by atoms with Gasteiger partial charge in [-0.05, 0) is 13.3 Å². The molecule has 0 bridgehead atoms. The van der Waals surface area contributed by atoms with E-state index in [1.54, 1.807) is 0 Å². The van der Waals surface area contributed by atoms with Gasteiger partial charge in [-0.25, -0.2) is 0 Å². The van der Waals surface area contributed by atoms with E-state index in [9.17, 15) is 0 Å². The molecule has 0 amide bonds. The summed E-state index contributed by atoms with van der Waals surface area (Å²) in [5.41, 5.74) is 0. The van der Waals surface area contributed by atoms with Crippen LogP contribution in [0.5, 0.6) is 0 Å². The second kappa shape index (κ2) is 7.31. The molecule has 1 heterocycles. The molecule has 1 N–H and O–H groups in total. The summed E-state index contributed by atoms with van der Waals surface area (Å²) >= 11 is 2.13. The molecule has 0 aromatic carbocycles. The van der Waals surface area contributed by atoms with Crippen LogP contribution in [0.1, 0.15) is 20.3 Å². The summed E-state index contributed by atoms with van der Waals surface area (Å²) in [5.74, 6) is 1.30. The van der Waals surface area contributed by atoms with Crippen molar-refractivity contribution < 1.29 is 0 Å². The van der Waals surface area contributed by atoms with Gasteiger partial charge in [0.2, 0.25) is 0 Å². The molecular formula is C12H24N2S. The Labute approximate surface area is 98.5 Å². The smallest absolute Gasteiger partial charge is 0.0193 e. The average Bonchev–Trinajstić information content (AvgIpc) is 2.29. The Hall–Kier alpha value is 0.0100. The lowest BCUT2D eigenvalue weighted by molar-refractivity contribution is 0.211. The molecule has 1 fully saturated rings. The van der Waals surface area contributed by atoms with Crippen molar-refractivity contribution in [3.63, 3.8) is 0 Å². The number of hydrogen-bond acceptors (Lipinski definition) is 3. The maximum Gasteiger partial charge on any atom is 0.0193 e. The first-order valence-electron chi connectivity index (χ1n) is 5.95. The van der Waals surface area contributed by atoms with Gasteiger partial charge in [0, 0.05) is 43.2 Å². The molecule has 88 valence electrons. The van der Waals surface area contributed by atoms with E-state index in [2.05, 4.69) is 42.4 Å². The van der Waals surface area contributed by atoms with Gasteiger partial charge in [-0.2, -0.15) is 11.8 Å². The van der Waals surface area contributed by atoms with Crippen molar-refractivity contribution in [1.82, 2.24) is 10.2 Å². The van der Waals surface area contributed by atoms with Crippen molar-refractivity contribution in [2.75, 3.05) is 31.9 Å². The summed E-state index contributed by atoms with van der Waals surface area (Å²) < 4.78 is 0. The first-order valence-corrected chi connectivity index (χ1v) is 7.00. The second-order valence-electron chi connectivity index (χ2n) is 4.19. The van der Waals surface area contributed by atoms with Crippen LogP contribution < -0.4 is 5.32 Å². The first-order chi connectivity index (χ1) is 7.27. The molecule has 1 saturated heterocycles. The molecule has 3 heteroatoms. The third-order valence-electron chi connectivity index (χ3n) is 2.98. The third-order valence-corrected chi connectivity index (χ3v) is 4.35. The predicted octanol–water partition coefficient (Wildman–Crippen LogP) is 1.98. The van der Waals surface area contributed by atoms with Crippen molar-refractivity contribution in [1.29, 1.82) is 0 Å². The average molecular weight is 228 g/mol. The maximum absolute atomic E-state index is 3.72. The standard InChI is InChI=1S/C12H24N2S/c1-4-6-13-9-11(3)14-7-8-15-12(5-2)10-14/h4,11-13H,1,5-10H2,2-3H3. The minimum absolute atomic E-state index is 0.653. The zero-order chi connectivity index (χ0) is 11.1. The molecule has 0 spiro atoms. The van der Waals surface area contributed by atoms with Crippen LogP contribution in [0.2, 0.25) is 0 Å². The lowest BCUT2D eigenvalue weighted by Gasteiger charge is -2.36. The number of hydrogen-bond donors (Lipinski definition) is 1. The van der Waals surface area contributed by atoms with E-state index < -0.39 is 0 Å². The van der Waals surface area contributed by atoms with Crippen molar-refractivity contribution in [2.24, 2.45) is 0 Å². The normalized spacial score (nSPS) is 25.1. The Morgan fingerprint density at radius 3 is 3.13 bits per heavy atom. The van der Waals surface area contributed by atoms with Crippen LogP contribution in [0.3, 0.4) is 0 Å². The van der Waals surface area contributed by atoms with Gasteiger partial charge in [-0.15, -0.1) is 6.58 Å². The van der Waals surface area contributed by atoms with Crippen molar-refractivity contribution in [3.05, 3.63) is 12.7 Å². The zero-order valence-corrected chi connectivity index (χ0v) is 10.9. The lowest BCUT2D eigenvalue weighted by Crippen LogP contribution is -2.47. The predicted molar refractivity (Wildman–Crippen MR) is 70.6 cm³/mol. The molecule has 2 unspecified atom stereocenters. The SMILES string of the molecule is C=CCNCC(C)N1CCSC(CC)C1. The van der Waals surface area contributed by atoms with Gasteiger partial charge in [0.15, 0.2) is 0 Å². The summed E-state index contributed by atoms with van der Waals surface area (Å²) in [7, 11) is 0. The van der Waals surface area contributed by atoms with Crippen LogP contribution >= 0.6 is 11.8 Å². The molecule has 0 aromatic heterocycles. The van der Waals surface area contributed by atoms with Crippen molar-refractivity contribution in [3.8, 4) is 0 Å². The van der Waals surface area contributed by atoms with Gasteiger partial charge >= 0.3 is 0 Å². The Morgan fingerprint density at radius 2 is 2.47 bits per heavy atom. The molecule has 15 heavy (non-hydrogen) atoms. The molecule has 0 aliphatic carbocycles. The Kier molecular flexibility index (Phi) is 6.37. The highest BCUT2D eigenvalue weighted by Crippen LogP contribution is 2.22. The first kappa shape index (κ1) is 13.1. The third kappa shape index (κ3) is 4.58. The maximum atomic E-state index is 3.72. The fraction of sp³-hybridized carbons (Fsp3) is 0.833. The summed E-state index contributed by atoms with van der Waals surface area (Å²) in [6, 6.07) is 0.653. The number of nitrogens with zero attached hydrogens (tertiary/aromatic N) is 1. The van der Waals surface area contributed by atoms with E-state index >= 15 is 0 Å². The molecule has 1 aliphatic heterocycles. The molecule has 0 saturated carbocycles. The van der Waals surface area contributed by atoms with Crippen molar-refractivity contribution >= 4 is 11.8 Å². The lowest BCUT2D eigenvalue weighted by atomic mass is 10.2. The van der Waals surface area contributed by atoms with Gasteiger partial charge in [0.05, 0.1) is 0 Å². The Morgan fingerprint density at radius 1 is 1.67 bits per heavy atom. The number of rotatable bonds is 6. The van der Waals surface area contributed by atoms with Crippen LogP contribution in [-0.4, -0.2) is 48.1 Å². The van der Waals surface area contributed by atoms with E-state index in [0.29, 0.717) is 6.04 Å². The summed E-state index contributed by atoms with van der Waals surface area (Å²) in [6.07, 6.45) is 3.22. The fourth-order valence-electron chi connectivity index (χ4n) is 1.91. The molecule has 0 radical (unpaired) electrons. The second-order valence-corrected chi connectivity index (χ2v) is 5.60. The molecule has 1 aliphatic rings. The topological polar surface area (TPSA) is 15.3 Å². The highest BCUT2D eigenvalue weighted by molar-refractivity contribution is 8.00. The van der Waals surface area contributed by atoms with Crippen LogP contribution in [0, 0.1) is 0 Å². The van der Waals surface area contributed by atoms with E-state index in [-0.39, 0.29) is 0 Å². The minimum Gasteiger partial charge on any atom is -0.312 e. The summed E-state index contributed by atoms with van der Waals surface area (Å²) in [4.78, 5) is 2.61. The van der Waals surface area contributed by atoms with Crippen LogP contribution in [0.15, 0.2) is 12.7 Å². The van der Waals surface area contributed by atoms with Crippen LogP contribution in [0.4, 0.5) is 0 Å². The summed E-state index contributed by atoms with van der Waals surface area (Å²) in [5, 5.41) is 4.25. The van der Waals surface area contributed by atoms with Gasteiger partial charge in [0.25, 0.3) is 0 Å². The Balaban J connectivity index is 2.25. The highest BCUT2D eigenvalue weighted by atomic mass is 32.2. The number of thioether (sulfide) groups is 1. The van der Waals surface area contributed by atoms with Crippen LogP contribution in [-0.2, 0) is 0 Å². The quantitative estimate of drug-likeness (QED) is 0.553. The van der Waals surface area contributed by atoms with Gasteiger partial charge in [0.1, 0.15) is 0 Å². The molecular weight excluding hydrogens is 204 g/mol. The molecule has 1 rings (SSSR count). The zero-order valence-electron chi connectivity index (χ0n) is 10.0. The molecule has 2 atom stereocenters. The fourth-order valence-corrected chi connectivity index (χ4v) is 3.12. The van der Waals surface area contributed by atoms with E-state index in [4.69, 9.17) is 0 Å². The number of nitrogens with one attached hydrogen (secondary N) is 1. The minimum atomic E-state index is 0.653. The van der Waals surface area contributed by atoms with Crippen molar-refractivity contribution in [2.45, 2.75) is 31.6 Å². The van der Waals surface area contributed by atoms with Gasteiger partial charge in [-0.3, -0.25) is 4.90 Å². The van der Waals surface area contributed by atoms with Gasteiger partial charge < -0.3 is 5.32 Å². The van der Waals surface area contributed by atoms with E-state index in [0.717, 1.165) is 18.3 Å². The van der Waals surface area contributed by atoms with E-state index in [1.165, 1.54) is 25.3 Å².